The summed E-state index contributed by atoms with van der Waals surface area (Å²) in [4.78, 5) is 4.90. The van der Waals surface area contributed by atoms with Crippen LogP contribution in [0.1, 0.15) is 44.7 Å². The largest absolute Gasteiger partial charge is 0.376 e. The Morgan fingerprint density at radius 3 is 1.96 bits per heavy atom. The van der Waals surface area contributed by atoms with Crippen molar-refractivity contribution in [1.29, 1.82) is 0 Å². The van der Waals surface area contributed by atoms with Crippen LogP contribution in [0, 0.1) is 0 Å². The van der Waals surface area contributed by atoms with Crippen molar-refractivity contribution in [3.63, 3.8) is 0 Å². The van der Waals surface area contributed by atoms with Gasteiger partial charge in [0.1, 0.15) is 0 Å². The Bertz CT molecular complexity index is 791. The van der Waals surface area contributed by atoms with Crippen molar-refractivity contribution in [2.75, 3.05) is 42.6 Å². The van der Waals surface area contributed by atoms with Crippen molar-refractivity contribution in [3.05, 3.63) is 47.5 Å². The van der Waals surface area contributed by atoms with E-state index in [0.717, 1.165) is 39.2 Å². The average Bonchev–Trinajstić information content (AvgIpc) is 3.34. The lowest BCUT2D eigenvalue weighted by Crippen LogP contribution is -2.32. The maximum Gasteiger partial charge on any atom is 0.0750 e. The van der Waals surface area contributed by atoms with Crippen LogP contribution in [0.3, 0.4) is 0 Å². The Morgan fingerprint density at radius 1 is 0.852 bits per heavy atom. The molecule has 1 heterocycles. The molecule has 3 nitrogen and oxygen atoms in total. The molecule has 0 N–H and O–H groups in total. The van der Waals surface area contributed by atoms with Crippen LogP contribution in [0.2, 0.25) is 0 Å². The van der Waals surface area contributed by atoms with E-state index < -0.39 is 0 Å². The highest BCUT2D eigenvalue weighted by Gasteiger charge is 2.23. The number of benzene rings is 2. The summed E-state index contributed by atoms with van der Waals surface area (Å²) >= 11 is 0. The van der Waals surface area contributed by atoms with Crippen molar-refractivity contribution in [2.45, 2.75) is 46.1 Å². The Hall–Kier alpha value is -2.00. The molecule has 1 saturated heterocycles. The number of likely N-dealkylation sites (N-methyl/N-ethyl adjacent to an activating group) is 1. The summed E-state index contributed by atoms with van der Waals surface area (Å²) in [6.45, 7) is 11.7. The second-order valence-corrected chi connectivity index (χ2v) is 7.71. The van der Waals surface area contributed by atoms with Crippen LogP contribution in [0.15, 0.2) is 36.4 Å². The van der Waals surface area contributed by atoms with Crippen LogP contribution in [0.5, 0.6) is 0 Å². The Kier molecular flexibility index (Phi) is 5.40. The topological polar surface area (TPSA) is 15.7 Å². The molecule has 0 aromatic heterocycles. The first-order valence-corrected chi connectivity index (χ1v) is 10.6. The molecule has 2 aromatic rings. The fourth-order valence-electron chi connectivity index (χ4n) is 4.58. The van der Waals surface area contributed by atoms with Gasteiger partial charge in [0.25, 0.3) is 0 Å². The van der Waals surface area contributed by atoms with E-state index in [4.69, 9.17) is 4.74 Å². The van der Waals surface area contributed by atoms with E-state index in [1.165, 1.54) is 46.5 Å². The molecule has 0 spiro atoms. The number of hydrogen-bond acceptors (Lipinski definition) is 3. The molecule has 0 radical (unpaired) electrons. The molecule has 0 bridgehead atoms. The highest BCUT2D eigenvalue weighted by molar-refractivity contribution is 5.82. The fraction of sp³-hybridized carbons (Fsp3) is 0.500. The lowest BCUT2D eigenvalue weighted by Gasteiger charge is -2.26. The van der Waals surface area contributed by atoms with Gasteiger partial charge < -0.3 is 14.5 Å². The summed E-state index contributed by atoms with van der Waals surface area (Å²) in [5.74, 6) is 0. The van der Waals surface area contributed by atoms with E-state index in [-0.39, 0.29) is 0 Å². The van der Waals surface area contributed by atoms with Crippen molar-refractivity contribution < 1.29 is 4.74 Å². The predicted octanol–water partition coefficient (Wildman–Crippen LogP) is 5.11. The third kappa shape index (κ3) is 3.58. The normalized spacial score (nSPS) is 17.7. The molecule has 0 saturated carbocycles. The molecular formula is C24H32N2O. The molecule has 1 fully saturated rings. The lowest BCUT2D eigenvalue weighted by atomic mass is 10.0. The van der Waals surface area contributed by atoms with Crippen molar-refractivity contribution in [1.82, 2.24) is 0 Å². The van der Waals surface area contributed by atoms with Gasteiger partial charge >= 0.3 is 0 Å². The summed E-state index contributed by atoms with van der Waals surface area (Å²) in [5, 5.41) is 0. The molecule has 144 valence electrons. The van der Waals surface area contributed by atoms with Crippen LogP contribution in [-0.4, -0.2) is 38.9 Å². The minimum absolute atomic E-state index is 0.389. The van der Waals surface area contributed by atoms with Gasteiger partial charge in [0, 0.05) is 44.2 Å². The second-order valence-electron chi connectivity index (χ2n) is 7.71. The molecule has 0 amide bonds. The number of fused-ring (bicyclic) bond motifs is 3. The summed E-state index contributed by atoms with van der Waals surface area (Å²) in [7, 11) is 0. The lowest BCUT2D eigenvalue weighted by molar-refractivity contribution is 0.115. The van der Waals surface area contributed by atoms with Crippen LogP contribution < -0.4 is 9.80 Å². The van der Waals surface area contributed by atoms with Crippen molar-refractivity contribution >= 4 is 11.4 Å². The van der Waals surface area contributed by atoms with Crippen molar-refractivity contribution in [3.8, 4) is 11.1 Å². The van der Waals surface area contributed by atoms with E-state index >= 15 is 0 Å². The quantitative estimate of drug-likeness (QED) is 0.579. The number of nitrogens with zero attached hydrogens (tertiary/aromatic N) is 2. The minimum Gasteiger partial charge on any atom is -0.376 e. The summed E-state index contributed by atoms with van der Waals surface area (Å²) in [6, 6.07) is 14.1. The standard InChI is InChI=1S/C24H32N2O/c1-4-25(5-2)20-11-9-18-14-19-10-12-21(16-24(19)23(18)15-20)26(6-3)17-22-8-7-13-27-22/h9-12,15-16,22H,4-8,13-14,17H2,1-3H3. The minimum atomic E-state index is 0.389. The molecule has 2 aliphatic rings. The zero-order chi connectivity index (χ0) is 18.8. The summed E-state index contributed by atoms with van der Waals surface area (Å²) in [6.07, 6.45) is 3.84. The molecule has 1 unspecified atom stereocenters. The van der Waals surface area contributed by atoms with Crippen LogP contribution in [0.25, 0.3) is 11.1 Å². The molecule has 1 atom stereocenters. The van der Waals surface area contributed by atoms with E-state index in [0.29, 0.717) is 6.10 Å². The fourth-order valence-corrected chi connectivity index (χ4v) is 4.58. The summed E-state index contributed by atoms with van der Waals surface area (Å²) < 4.78 is 5.88. The number of rotatable bonds is 7. The first-order chi connectivity index (χ1) is 13.2. The Morgan fingerprint density at radius 2 is 1.44 bits per heavy atom. The SMILES string of the molecule is CCN(CC)c1ccc2c(c1)-c1cc(N(CC)CC3CCCO3)ccc1C2. The van der Waals surface area contributed by atoms with Gasteiger partial charge in [-0.3, -0.25) is 0 Å². The van der Waals surface area contributed by atoms with Crippen LogP contribution >= 0.6 is 0 Å². The number of anilines is 2. The maximum absolute atomic E-state index is 5.88. The molecule has 3 heteroatoms. The molecular weight excluding hydrogens is 332 g/mol. The highest BCUT2D eigenvalue weighted by atomic mass is 16.5. The second kappa shape index (κ2) is 7.93. The van der Waals surface area contributed by atoms with Crippen LogP contribution in [0.4, 0.5) is 11.4 Å². The zero-order valence-electron chi connectivity index (χ0n) is 17.0. The highest BCUT2D eigenvalue weighted by Crippen LogP contribution is 2.40. The smallest absolute Gasteiger partial charge is 0.0750 e. The number of hydrogen-bond donors (Lipinski definition) is 0. The molecule has 2 aromatic carbocycles. The first kappa shape index (κ1) is 18.4. The van der Waals surface area contributed by atoms with Gasteiger partial charge in [-0.2, -0.15) is 0 Å². The van der Waals surface area contributed by atoms with Gasteiger partial charge in [-0.1, -0.05) is 12.1 Å². The molecule has 1 aliphatic carbocycles. The Balaban J connectivity index is 1.64. The van der Waals surface area contributed by atoms with Gasteiger partial charge in [-0.05, 0) is 86.6 Å². The third-order valence-corrected chi connectivity index (χ3v) is 6.18. The van der Waals surface area contributed by atoms with Gasteiger partial charge in [0.15, 0.2) is 0 Å². The maximum atomic E-state index is 5.88. The molecule has 1 aliphatic heterocycles. The van der Waals surface area contributed by atoms with Gasteiger partial charge in [0.2, 0.25) is 0 Å². The van der Waals surface area contributed by atoms with E-state index in [2.05, 4.69) is 67.0 Å². The predicted molar refractivity (Wildman–Crippen MR) is 115 cm³/mol. The van der Waals surface area contributed by atoms with Crippen LogP contribution in [-0.2, 0) is 11.2 Å². The molecule has 4 rings (SSSR count). The Labute approximate surface area is 163 Å². The van der Waals surface area contributed by atoms with E-state index in [1.807, 2.05) is 0 Å². The van der Waals surface area contributed by atoms with Gasteiger partial charge in [-0.15, -0.1) is 0 Å². The zero-order valence-corrected chi connectivity index (χ0v) is 17.0. The first-order valence-electron chi connectivity index (χ1n) is 10.6. The summed E-state index contributed by atoms with van der Waals surface area (Å²) in [5.41, 5.74) is 8.42. The average molecular weight is 365 g/mol. The molecule has 27 heavy (non-hydrogen) atoms. The third-order valence-electron chi connectivity index (χ3n) is 6.18. The van der Waals surface area contributed by atoms with E-state index in [9.17, 15) is 0 Å². The van der Waals surface area contributed by atoms with E-state index in [1.54, 1.807) is 0 Å². The van der Waals surface area contributed by atoms with Gasteiger partial charge in [-0.25, -0.2) is 0 Å². The number of ether oxygens (including phenoxy) is 1. The van der Waals surface area contributed by atoms with Gasteiger partial charge in [0.05, 0.1) is 6.10 Å². The monoisotopic (exact) mass is 364 g/mol. The van der Waals surface area contributed by atoms with Crippen molar-refractivity contribution in [2.24, 2.45) is 0 Å².